The Morgan fingerprint density at radius 2 is 1.68 bits per heavy atom. The summed E-state index contributed by atoms with van der Waals surface area (Å²) in [6, 6.07) is 9.64. The molecule has 0 aliphatic rings. The third-order valence-corrected chi connectivity index (χ3v) is 2.50. The molecule has 0 saturated carbocycles. The first-order valence-electron chi connectivity index (χ1n) is 5.61. The number of hydrogen-bond donors (Lipinski definition) is 1. The number of ether oxygens (including phenoxy) is 1. The second-order valence-electron chi connectivity index (χ2n) is 3.93. The second-order valence-corrected chi connectivity index (χ2v) is 3.93. The number of aromatic nitrogens is 1. The highest BCUT2D eigenvalue weighted by Gasteiger charge is 2.03. The van der Waals surface area contributed by atoms with E-state index in [0.29, 0.717) is 22.8 Å². The average molecular weight is 256 g/mol. The minimum absolute atomic E-state index is 0.0511. The quantitative estimate of drug-likeness (QED) is 0.850. The van der Waals surface area contributed by atoms with Crippen molar-refractivity contribution in [1.29, 1.82) is 0 Å². The van der Waals surface area contributed by atoms with Crippen molar-refractivity contribution in [2.24, 2.45) is 5.73 Å². The van der Waals surface area contributed by atoms with Gasteiger partial charge in [-0.3, -0.25) is 9.59 Å². The molecule has 0 bridgehead atoms. The number of primary amides is 1. The maximum atomic E-state index is 11.1. The molecule has 2 N–H and O–H groups in total. The fraction of sp³-hybridized carbons (Fsp3) is 0.0714. The van der Waals surface area contributed by atoms with E-state index in [4.69, 9.17) is 10.5 Å². The predicted molar refractivity (Wildman–Crippen MR) is 69.3 cm³/mol. The summed E-state index contributed by atoms with van der Waals surface area (Å²) in [6.07, 6.45) is 1.45. The molecule has 0 radical (unpaired) electrons. The van der Waals surface area contributed by atoms with Gasteiger partial charge in [0.1, 0.15) is 5.75 Å². The van der Waals surface area contributed by atoms with E-state index in [1.54, 1.807) is 36.4 Å². The van der Waals surface area contributed by atoms with Gasteiger partial charge in [0.25, 0.3) is 0 Å². The SMILES string of the molecule is CC(=O)c1ccc(Oc2ccc(C(N)=O)cc2)nc1. The van der Waals surface area contributed by atoms with Crippen LogP contribution in [0.5, 0.6) is 11.6 Å². The molecule has 5 heteroatoms. The number of nitrogens with two attached hydrogens (primary N) is 1. The minimum atomic E-state index is -0.490. The number of carbonyl (C=O) groups is 2. The van der Waals surface area contributed by atoms with Gasteiger partial charge in [0.05, 0.1) is 0 Å². The van der Waals surface area contributed by atoms with Crippen molar-refractivity contribution in [3.05, 3.63) is 53.7 Å². The van der Waals surface area contributed by atoms with Crippen molar-refractivity contribution in [2.45, 2.75) is 6.92 Å². The summed E-state index contributed by atoms with van der Waals surface area (Å²) in [5.41, 5.74) is 6.07. The van der Waals surface area contributed by atoms with Crippen LogP contribution in [-0.2, 0) is 0 Å². The summed E-state index contributed by atoms with van der Waals surface area (Å²) in [4.78, 5) is 26.0. The number of benzene rings is 1. The molecular formula is C14H12N2O3. The van der Waals surface area contributed by atoms with Crippen molar-refractivity contribution in [3.8, 4) is 11.6 Å². The van der Waals surface area contributed by atoms with Crippen molar-refractivity contribution >= 4 is 11.7 Å². The van der Waals surface area contributed by atoms with Crippen LogP contribution < -0.4 is 10.5 Å². The molecule has 1 aromatic heterocycles. The zero-order valence-corrected chi connectivity index (χ0v) is 10.3. The Labute approximate surface area is 110 Å². The van der Waals surface area contributed by atoms with Gasteiger partial charge in [-0.05, 0) is 37.3 Å². The van der Waals surface area contributed by atoms with Crippen LogP contribution in [0, 0.1) is 0 Å². The van der Waals surface area contributed by atoms with Crippen molar-refractivity contribution < 1.29 is 14.3 Å². The molecule has 5 nitrogen and oxygen atoms in total. The van der Waals surface area contributed by atoms with E-state index >= 15 is 0 Å². The van der Waals surface area contributed by atoms with Crippen molar-refractivity contribution in [1.82, 2.24) is 4.98 Å². The lowest BCUT2D eigenvalue weighted by atomic mass is 10.2. The first-order valence-corrected chi connectivity index (χ1v) is 5.61. The Hall–Kier alpha value is -2.69. The molecule has 19 heavy (non-hydrogen) atoms. The molecule has 1 heterocycles. The third kappa shape index (κ3) is 3.16. The molecule has 0 saturated heterocycles. The first kappa shape index (κ1) is 12.8. The average Bonchev–Trinajstić information content (AvgIpc) is 2.40. The molecule has 0 aliphatic carbocycles. The number of Topliss-reactive ketones (excluding diaryl/α,β-unsaturated/α-hetero) is 1. The monoisotopic (exact) mass is 256 g/mol. The molecule has 2 rings (SSSR count). The number of pyridine rings is 1. The van der Waals surface area contributed by atoms with E-state index in [0.717, 1.165) is 0 Å². The van der Waals surface area contributed by atoms with Gasteiger partial charge in [-0.25, -0.2) is 4.98 Å². The lowest BCUT2D eigenvalue weighted by molar-refractivity contribution is 0.0996. The fourth-order valence-electron chi connectivity index (χ4n) is 1.46. The Balaban J connectivity index is 2.12. The lowest BCUT2D eigenvalue weighted by Gasteiger charge is -2.05. The molecule has 0 fully saturated rings. The topological polar surface area (TPSA) is 82.3 Å². The number of nitrogens with zero attached hydrogens (tertiary/aromatic N) is 1. The number of hydrogen-bond acceptors (Lipinski definition) is 4. The van der Waals surface area contributed by atoms with Crippen LogP contribution >= 0.6 is 0 Å². The zero-order valence-electron chi connectivity index (χ0n) is 10.3. The van der Waals surface area contributed by atoms with Gasteiger partial charge >= 0.3 is 0 Å². The van der Waals surface area contributed by atoms with E-state index in [2.05, 4.69) is 4.98 Å². The number of amides is 1. The molecule has 0 atom stereocenters. The Kier molecular flexibility index (Phi) is 3.56. The molecule has 1 amide bonds. The molecule has 0 aliphatic heterocycles. The van der Waals surface area contributed by atoms with Crippen LogP contribution in [0.25, 0.3) is 0 Å². The van der Waals surface area contributed by atoms with Crippen LogP contribution in [0.1, 0.15) is 27.6 Å². The molecular weight excluding hydrogens is 244 g/mol. The zero-order chi connectivity index (χ0) is 13.8. The highest BCUT2D eigenvalue weighted by molar-refractivity contribution is 5.93. The predicted octanol–water partition coefficient (Wildman–Crippen LogP) is 2.18. The van der Waals surface area contributed by atoms with Crippen molar-refractivity contribution in [3.63, 3.8) is 0 Å². The van der Waals surface area contributed by atoms with Gasteiger partial charge in [0, 0.05) is 23.4 Å². The smallest absolute Gasteiger partial charge is 0.248 e. The van der Waals surface area contributed by atoms with E-state index in [1.807, 2.05) is 0 Å². The van der Waals surface area contributed by atoms with E-state index in [9.17, 15) is 9.59 Å². The van der Waals surface area contributed by atoms with Crippen LogP contribution in [0.3, 0.4) is 0 Å². The van der Waals surface area contributed by atoms with Gasteiger partial charge in [-0.15, -0.1) is 0 Å². The fourth-order valence-corrected chi connectivity index (χ4v) is 1.46. The summed E-state index contributed by atoms with van der Waals surface area (Å²) in [5, 5.41) is 0. The molecule has 2 aromatic rings. The molecule has 0 spiro atoms. The van der Waals surface area contributed by atoms with Crippen LogP contribution in [0.4, 0.5) is 0 Å². The minimum Gasteiger partial charge on any atom is -0.439 e. The summed E-state index contributed by atoms with van der Waals surface area (Å²) in [7, 11) is 0. The van der Waals surface area contributed by atoms with Crippen LogP contribution in [-0.4, -0.2) is 16.7 Å². The third-order valence-electron chi connectivity index (χ3n) is 2.50. The number of rotatable bonds is 4. The van der Waals surface area contributed by atoms with E-state index in [-0.39, 0.29) is 5.78 Å². The molecule has 96 valence electrons. The largest absolute Gasteiger partial charge is 0.439 e. The molecule has 1 aromatic carbocycles. The first-order chi connectivity index (χ1) is 9.06. The lowest BCUT2D eigenvalue weighted by Crippen LogP contribution is -2.10. The van der Waals surface area contributed by atoms with Gasteiger partial charge in [-0.2, -0.15) is 0 Å². The second kappa shape index (κ2) is 5.30. The van der Waals surface area contributed by atoms with Crippen molar-refractivity contribution in [2.75, 3.05) is 0 Å². The van der Waals surface area contributed by atoms with Crippen LogP contribution in [0.15, 0.2) is 42.6 Å². The highest BCUT2D eigenvalue weighted by Crippen LogP contribution is 2.19. The van der Waals surface area contributed by atoms with Gasteiger partial charge in [0.2, 0.25) is 11.8 Å². The van der Waals surface area contributed by atoms with E-state index < -0.39 is 5.91 Å². The van der Waals surface area contributed by atoms with E-state index in [1.165, 1.54) is 13.1 Å². The Morgan fingerprint density at radius 1 is 1.05 bits per heavy atom. The summed E-state index contributed by atoms with van der Waals surface area (Å²) in [6.45, 7) is 1.47. The normalized spacial score (nSPS) is 9.95. The highest BCUT2D eigenvalue weighted by atomic mass is 16.5. The number of carbonyl (C=O) groups excluding carboxylic acids is 2. The van der Waals surface area contributed by atoms with Gasteiger partial charge in [0.15, 0.2) is 5.78 Å². The summed E-state index contributed by atoms with van der Waals surface area (Å²) < 4.78 is 5.47. The van der Waals surface area contributed by atoms with Crippen LogP contribution in [0.2, 0.25) is 0 Å². The Morgan fingerprint density at radius 3 is 2.16 bits per heavy atom. The summed E-state index contributed by atoms with van der Waals surface area (Å²) >= 11 is 0. The molecule has 0 unspecified atom stereocenters. The Bertz CT molecular complexity index is 548. The standard InChI is InChI=1S/C14H12N2O3/c1-9(17)11-4-7-13(16-8-11)19-12-5-2-10(3-6-12)14(15)18/h2-8H,1H3,(H2,15,18). The van der Waals surface area contributed by atoms with Gasteiger partial charge < -0.3 is 10.5 Å². The van der Waals surface area contributed by atoms with Gasteiger partial charge in [-0.1, -0.05) is 0 Å². The summed E-state index contributed by atoms with van der Waals surface area (Å²) in [5.74, 6) is 0.366. The maximum absolute atomic E-state index is 11.1. The maximum Gasteiger partial charge on any atom is 0.248 e. The number of ketones is 1.